The largest absolute Gasteiger partial charge is 0.392 e. The standard InChI is InChI=1S/C33H35N5O4/c39-23-24-7-9-25(10-8-24)30-21-29(22-37-17-19-38(20-18-37)33-34-15-4-16-35-33)41-32(42-30)27-11-13-28(14-12-27)36-31(40)26-5-2-1-3-6-26/h1-16,29-30,32,39H,17-23H2,(H,36,40). The summed E-state index contributed by atoms with van der Waals surface area (Å²) in [6.45, 7) is 4.31. The Hall–Kier alpha value is -4.15. The first-order valence-corrected chi connectivity index (χ1v) is 14.4. The van der Waals surface area contributed by atoms with Crippen LogP contribution in [0.15, 0.2) is 97.3 Å². The Morgan fingerprint density at radius 2 is 1.52 bits per heavy atom. The minimum absolute atomic E-state index is 0.00727. The van der Waals surface area contributed by atoms with Crippen molar-refractivity contribution in [3.05, 3.63) is 120 Å². The van der Waals surface area contributed by atoms with E-state index >= 15 is 0 Å². The van der Waals surface area contributed by atoms with Crippen LogP contribution in [-0.4, -0.2) is 64.7 Å². The zero-order valence-electron chi connectivity index (χ0n) is 23.4. The number of rotatable bonds is 8. The maximum absolute atomic E-state index is 12.6. The Labute approximate surface area is 245 Å². The summed E-state index contributed by atoms with van der Waals surface area (Å²) in [5.74, 6) is 0.619. The highest BCUT2D eigenvalue weighted by Gasteiger charge is 2.34. The van der Waals surface area contributed by atoms with E-state index in [2.05, 4.69) is 25.1 Å². The number of nitrogens with zero attached hydrogens (tertiary/aromatic N) is 4. The molecule has 1 amide bonds. The third kappa shape index (κ3) is 6.83. The van der Waals surface area contributed by atoms with Crippen molar-refractivity contribution in [2.75, 3.05) is 42.9 Å². The van der Waals surface area contributed by atoms with Crippen molar-refractivity contribution in [3.63, 3.8) is 0 Å². The SMILES string of the molecule is O=C(Nc1ccc(C2OC(CN3CCN(c4ncccn4)CC3)CC(c3ccc(CO)cc3)O2)cc1)c1ccccc1. The zero-order chi connectivity index (χ0) is 28.7. The van der Waals surface area contributed by atoms with Gasteiger partial charge in [0, 0.05) is 68.4 Å². The number of aliphatic hydroxyl groups excluding tert-OH is 1. The molecule has 0 aliphatic carbocycles. The number of carbonyl (C=O) groups is 1. The van der Waals surface area contributed by atoms with Gasteiger partial charge in [0.2, 0.25) is 5.95 Å². The molecular formula is C33H35N5O4. The minimum Gasteiger partial charge on any atom is -0.392 e. The number of nitrogens with one attached hydrogen (secondary N) is 1. The van der Waals surface area contributed by atoms with E-state index in [1.54, 1.807) is 24.5 Å². The lowest BCUT2D eigenvalue weighted by Crippen LogP contribution is -2.50. The molecule has 2 aliphatic rings. The average molecular weight is 566 g/mol. The summed E-state index contributed by atoms with van der Waals surface area (Å²) in [5, 5.41) is 12.4. The van der Waals surface area contributed by atoms with Crippen LogP contribution in [0.3, 0.4) is 0 Å². The molecule has 42 heavy (non-hydrogen) atoms. The van der Waals surface area contributed by atoms with Crippen molar-refractivity contribution in [3.8, 4) is 0 Å². The summed E-state index contributed by atoms with van der Waals surface area (Å²) in [7, 11) is 0. The molecule has 3 unspecified atom stereocenters. The Morgan fingerprint density at radius 1 is 0.833 bits per heavy atom. The van der Waals surface area contributed by atoms with Crippen molar-refractivity contribution >= 4 is 17.5 Å². The number of anilines is 2. The third-order valence-corrected chi connectivity index (χ3v) is 7.76. The van der Waals surface area contributed by atoms with Crippen LogP contribution >= 0.6 is 0 Å². The Kier molecular flexibility index (Phi) is 8.81. The Morgan fingerprint density at radius 3 is 2.21 bits per heavy atom. The van der Waals surface area contributed by atoms with Gasteiger partial charge in [0.15, 0.2) is 6.29 Å². The Balaban J connectivity index is 1.14. The number of hydrogen-bond donors (Lipinski definition) is 2. The summed E-state index contributed by atoms with van der Waals surface area (Å²) in [6, 6.07) is 26.5. The highest BCUT2D eigenvalue weighted by atomic mass is 16.7. The lowest BCUT2D eigenvalue weighted by molar-refractivity contribution is -0.253. The van der Waals surface area contributed by atoms with Crippen molar-refractivity contribution in [2.24, 2.45) is 0 Å². The first-order valence-electron chi connectivity index (χ1n) is 14.4. The summed E-state index contributed by atoms with van der Waals surface area (Å²) >= 11 is 0. The molecule has 2 aliphatic heterocycles. The second kappa shape index (κ2) is 13.2. The van der Waals surface area contributed by atoms with Crippen molar-refractivity contribution < 1.29 is 19.4 Å². The van der Waals surface area contributed by atoms with E-state index in [4.69, 9.17) is 9.47 Å². The molecule has 2 saturated heterocycles. The van der Waals surface area contributed by atoms with Gasteiger partial charge in [0.1, 0.15) is 0 Å². The molecule has 3 atom stereocenters. The van der Waals surface area contributed by atoms with Gasteiger partial charge >= 0.3 is 0 Å². The molecule has 6 rings (SSSR count). The quantitative estimate of drug-likeness (QED) is 0.320. The number of hydrogen-bond acceptors (Lipinski definition) is 8. The van der Waals surface area contributed by atoms with E-state index in [0.29, 0.717) is 11.3 Å². The van der Waals surface area contributed by atoms with Gasteiger partial charge in [-0.2, -0.15) is 0 Å². The molecule has 3 aromatic carbocycles. The van der Waals surface area contributed by atoms with Gasteiger partial charge in [-0.3, -0.25) is 9.69 Å². The van der Waals surface area contributed by atoms with E-state index in [9.17, 15) is 9.90 Å². The van der Waals surface area contributed by atoms with Crippen molar-refractivity contribution in [2.45, 2.75) is 31.5 Å². The first kappa shape index (κ1) is 28.0. The van der Waals surface area contributed by atoms with Crippen molar-refractivity contribution in [1.29, 1.82) is 0 Å². The highest BCUT2D eigenvalue weighted by Crippen LogP contribution is 2.38. The van der Waals surface area contributed by atoms with Crippen LogP contribution < -0.4 is 10.2 Å². The van der Waals surface area contributed by atoms with Crippen LogP contribution in [0, 0.1) is 0 Å². The molecule has 3 heterocycles. The van der Waals surface area contributed by atoms with E-state index < -0.39 is 6.29 Å². The fraction of sp³-hybridized carbons (Fsp3) is 0.303. The molecule has 9 heteroatoms. The second-order valence-electron chi connectivity index (χ2n) is 10.6. The molecule has 9 nitrogen and oxygen atoms in total. The Bertz CT molecular complexity index is 1430. The van der Waals surface area contributed by atoms with Gasteiger partial charge < -0.3 is 24.8 Å². The lowest BCUT2D eigenvalue weighted by atomic mass is 9.99. The van der Waals surface area contributed by atoms with Gasteiger partial charge in [-0.1, -0.05) is 54.6 Å². The van der Waals surface area contributed by atoms with E-state index in [-0.39, 0.29) is 24.7 Å². The number of benzene rings is 3. The summed E-state index contributed by atoms with van der Waals surface area (Å²) in [5.41, 5.74) is 4.13. The molecule has 0 radical (unpaired) electrons. The molecule has 0 spiro atoms. The fourth-order valence-electron chi connectivity index (χ4n) is 5.42. The minimum atomic E-state index is -0.552. The molecular weight excluding hydrogens is 530 g/mol. The normalized spacial score (nSPS) is 21.2. The summed E-state index contributed by atoms with van der Waals surface area (Å²) < 4.78 is 13.0. The third-order valence-electron chi connectivity index (χ3n) is 7.76. The predicted molar refractivity (Wildman–Crippen MR) is 160 cm³/mol. The number of aromatic nitrogens is 2. The first-order chi connectivity index (χ1) is 20.6. The topological polar surface area (TPSA) is 100 Å². The number of ether oxygens (including phenoxy) is 2. The van der Waals surface area contributed by atoms with E-state index in [1.165, 1.54) is 0 Å². The maximum atomic E-state index is 12.6. The number of amides is 1. The van der Waals surface area contributed by atoms with Gasteiger partial charge in [0.05, 0.1) is 18.8 Å². The molecule has 2 fully saturated rings. The molecule has 0 bridgehead atoms. The molecule has 1 aromatic heterocycles. The van der Waals surface area contributed by atoms with Crippen LogP contribution in [0.5, 0.6) is 0 Å². The number of aliphatic hydroxyl groups is 1. The average Bonchev–Trinajstić information content (AvgIpc) is 3.06. The van der Waals surface area contributed by atoms with Gasteiger partial charge in [0.25, 0.3) is 5.91 Å². The van der Waals surface area contributed by atoms with Gasteiger partial charge in [-0.15, -0.1) is 0 Å². The molecule has 0 saturated carbocycles. The monoisotopic (exact) mass is 565 g/mol. The number of piperazine rings is 1. The molecule has 4 aromatic rings. The van der Waals surface area contributed by atoms with E-state index in [1.807, 2.05) is 72.8 Å². The maximum Gasteiger partial charge on any atom is 0.255 e. The fourth-order valence-corrected chi connectivity index (χ4v) is 5.42. The van der Waals surface area contributed by atoms with Crippen LogP contribution in [0.4, 0.5) is 11.6 Å². The summed E-state index contributed by atoms with van der Waals surface area (Å²) in [6.07, 6.45) is 3.54. The predicted octanol–water partition coefficient (Wildman–Crippen LogP) is 4.59. The highest BCUT2D eigenvalue weighted by molar-refractivity contribution is 6.04. The lowest BCUT2D eigenvalue weighted by Gasteiger charge is -2.40. The molecule has 216 valence electrons. The smallest absolute Gasteiger partial charge is 0.255 e. The van der Waals surface area contributed by atoms with Crippen LogP contribution in [0.1, 0.15) is 45.9 Å². The zero-order valence-corrected chi connectivity index (χ0v) is 23.4. The summed E-state index contributed by atoms with van der Waals surface area (Å²) in [4.78, 5) is 26.0. The van der Waals surface area contributed by atoms with Crippen molar-refractivity contribution in [1.82, 2.24) is 14.9 Å². The van der Waals surface area contributed by atoms with Gasteiger partial charge in [-0.05, 0) is 41.5 Å². The van der Waals surface area contributed by atoms with E-state index in [0.717, 1.165) is 61.8 Å². The number of carbonyl (C=O) groups excluding carboxylic acids is 1. The van der Waals surface area contributed by atoms with Gasteiger partial charge in [-0.25, -0.2) is 9.97 Å². The van der Waals surface area contributed by atoms with Crippen LogP contribution in [-0.2, 0) is 16.1 Å². The molecule has 2 N–H and O–H groups in total. The van der Waals surface area contributed by atoms with Crippen LogP contribution in [0.25, 0.3) is 0 Å². The van der Waals surface area contributed by atoms with Crippen LogP contribution in [0.2, 0.25) is 0 Å². The second-order valence-corrected chi connectivity index (χ2v) is 10.6.